The first-order chi connectivity index (χ1) is 8.31. The van der Waals surface area contributed by atoms with E-state index in [4.69, 9.17) is 5.84 Å². The summed E-state index contributed by atoms with van der Waals surface area (Å²) in [5.41, 5.74) is 1.40. The van der Waals surface area contributed by atoms with Gasteiger partial charge in [-0.25, -0.2) is 0 Å². The number of hydrogen-bond acceptors (Lipinski definition) is 3. The minimum Gasteiger partial charge on any atom is -0.342 e. The van der Waals surface area contributed by atoms with Crippen LogP contribution in [-0.2, 0) is 6.18 Å². The predicted molar refractivity (Wildman–Crippen MR) is 61.9 cm³/mol. The molecule has 1 aromatic rings. The van der Waals surface area contributed by atoms with Crippen LogP contribution in [0.25, 0.3) is 0 Å². The molecule has 4 nitrogen and oxygen atoms in total. The smallest absolute Gasteiger partial charge is 0.342 e. The largest absolute Gasteiger partial charge is 0.416 e. The van der Waals surface area contributed by atoms with Gasteiger partial charge in [0.2, 0.25) is 0 Å². The van der Waals surface area contributed by atoms with Gasteiger partial charge in [-0.05, 0) is 25.1 Å². The van der Waals surface area contributed by atoms with Crippen LogP contribution in [0, 0.1) is 0 Å². The molecule has 100 valence electrons. The minimum atomic E-state index is -4.49. The topological polar surface area (TPSA) is 58.4 Å². The molecule has 0 aliphatic carbocycles. The standard InChI is InChI=1S/C11H14F3N3O/c1-3-17(2)10(18)8-6-7(11(12,13)14)4-5-9(8)16-15/h4-6,16H,3,15H2,1-2H3. The Hall–Kier alpha value is -1.76. The highest BCUT2D eigenvalue weighted by atomic mass is 19.4. The molecule has 1 amide bonds. The summed E-state index contributed by atoms with van der Waals surface area (Å²) < 4.78 is 37.7. The summed E-state index contributed by atoms with van der Waals surface area (Å²) in [5, 5.41) is 0. The molecule has 0 aliphatic heterocycles. The van der Waals surface area contributed by atoms with Crippen LogP contribution in [-0.4, -0.2) is 24.4 Å². The highest BCUT2D eigenvalue weighted by Gasteiger charge is 2.32. The summed E-state index contributed by atoms with van der Waals surface area (Å²) in [6, 6.07) is 2.81. The van der Waals surface area contributed by atoms with Crippen LogP contribution >= 0.6 is 0 Å². The Balaban J connectivity index is 3.27. The van der Waals surface area contributed by atoms with Crippen molar-refractivity contribution in [1.29, 1.82) is 0 Å². The van der Waals surface area contributed by atoms with E-state index in [1.807, 2.05) is 0 Å². The lowest BCUT2D eigenvalue weighted by atomic mass is 10.1. The van der Waals surface area contributed by atoms with Crippen LogP contribution in [0.1, 0.15) is 22.8 Å². The number of nitrogen functional groups attached to an aromatic ring is 1. The molecule has 18 heavy (non-hydrogen) atoms. The third-order valence-corrected chi connectivity index (χ3v) is 2.55. The second-order valence-corrected chi connectivity index (χ2v) is 3.72. The fourth-order valence-electron chi connectivity index (χ4n) is 1.37. The van der Waals surface area contributed by atoms with Gasteiger partial charge in [0.15, 0.2) is 0 Å². The van der Waals surface area contributed by atoms with Gasteiger partial charge in [0, 0.05) is 13.6 Å². The molecule has 1 aromatic carbocycles. The molecule has 0 unspecified atom stereocenters. The van der Waals surface area contributed by atoms with Crippen molar-refractivity contribution in [2.45, 2.75) is 13.1 Å². The zero-order chi connectivity index (χ0) is 13.9. The number of rotatable bonds is 3. The summed E-state index contributed by atoms with van der Waals surface area (Å²) in [6.07, 6.45) is -4.49. The summed E-state index contributed by atoms with van der Waals surface area (Å²) in [7, 11) is 1.50. The molecule has 1 rings (SSSR count). The molecule has 0 saturated carbocycles. The summed E-state index contributed by atoms with van der Waals surface area (Å²) in [5.74, 6) is 4.67. The first-order valence-electron chi connectivity index (χ1n) is 5.24. The van der Waals surface area contributed by atoms with Crippen molar-refractivity contribution < 1.29 is 18.0 Å². The Morgan fingerprint density at radius 2 is 2.06 bits per heavy atom. The normalized spacial score (nSPS) is 11.2. The molecule has 0 heterocycles. The molecule has 0 aromatic heterocycles. The van der Waals surface area contributed by atoms with Gasteiger partial charge < -0.3 is 10.3 Å². The van der Waals surface area contributed by atoms with Crippen molar-refractivity contribution in [2.24, 2.45) is 5.84 Å². The number of amides is 1. The number of anilines is 1. The zero-order valence-corrected chi connectivity index (χ0v) is 10.0. The third-order valence-electron chi connectivity index (χ3n) is 2.55. The van der Waals surface area contributed by atoms with Crippen LogP contribution < -0.4 is 11.3 Å². The molecule has 0 saturated heterocycles. The molecule has 0 spiro atoms. The van der Waals surface area contributed by atoms with E-state index in [-0.39, 0.29) is 11.3 Å². The number of alkyl halides is 3. The molecular weight excluding hydrogens is 247 g/mol. The van der Waals surface area contributed by atoms with E-state index in [9.17, 15) is 18.0 Å². The monoisotopic (exact) mass is 261 g/mol. The van der Waals surface area contributed by atoms with E-state index in [1.54, 1.807) is 6.92 Å². The van der Waals surface area contributed by atoms with E-state index in [1.165, 1.54) is 11.9 Å². The fraction of sp³-hybridized carbons (Fsp3) is 0.364. The number of carbonyl (C=O) groups excluding carboxylic acids is 1. The van der Waals surface area contributed by atoms with Crippen LogP contribution in [0.3, 0.4) is 0 Å². The Labute approximate surface area is 103 Å². The van der Waals surface area contributed by atoms with Crippen molar-refractivity contribution in [3.63, 3.8) is 0 Å². The van der Waals surface area contributed by atoms with Gasteiger partial charge in [0.1, 0.15) is 0 Å². The first-order valence-corrected chi connectivity index (χ1v) is 5.24. The van der Waals surface area contributed by atoms with Gasteiger partial charge in [-0.3, -0.25) is 10.6 Å². The Morgan fingerprint density at radius 3 is 2.50 bits per heavy atom. The van der Waals surface area contributed by atoms with Crippen molar-refractivity contribution >= 4 is 11.6 Å². The van der Waals surface area contributed by atoms with Crippen LogP contribution in [0.2, 0.25) is 0 Å². The van der Waals surface area contributed by atoms with E-state index in [2.05, 4.69) is 5.43 Å². The second kappa shape index (κ2) is 5.26. The summed E-state index contributed by atoms with van der Waals surface area (Å²) >= 11 is 0. The highest BCUT2D eigenvalue weighted by molar-refractivity contribution is 5.99. The number of benzene rings is 1. The van der Waals surface area contributed by atoms with Crippen molar-refractivity contribution in [2.75, 3.05) is 19.0 Å². The SMILES string of the molecule is CCN(C)C(=O)c1cc(C(F)(F)F)ccc1NN. The Morgan fingerprint density at radius 1 is 1.44 bits per heavy atom. The number of nitrogens with one attached hydrogen (secondary N) is 1. The van der Waals surface area contributed by atoms with Gasteiger partial charge in [-0.1, -0.05) is 0 Å². The molecule has 0 bridgehead atoms. The van der Waals surface area contributed by atoms with Gasteiger partial charge in [-0.2, -0.15) is 13.2 Å². The number of hydrazine groups is 1. The van der Waals surface area contributed by atoms with Crippen LogP contribution in [0.5, 0.6) is 0 Å². The quantitative estimate of drug-likeness (QED) is 0.647. The zero-order valence-electron chi connectivity index (χ0n) is 10.0. The predicted octanol–water partition coefficient (Wildman–Crippen LogP) is 2.08. The maximum atomic E-state index is 12.6. The Bertz CT molecular complexity index is 446. The summed E-state index contributed by atoms with van der Waals surface area (Å²) in [4.78, 5) is 13.2. The van der Waals surface area contributed by atoms with Crippen LogP contribution in [0.4, 0.5) is 18.9 Å². The number of nitrogens with two attached hydrogens (primary N) is 1. The van der Waals surface area contributed by atoms with Crippen molar-refractivity contribution in [3.05, 3.63) is 29.3 Å². The van der Waals surface area contributed by atoms with Crippen LogP contribution in [0.15, 0.2) is 18.2 Å². The molecule has 0 fully saturated rings. The molecular formula is C11H14F3N3O. The molecule has 0 atom stereocenters. The van der Waals surface area contributed by atoms with Gasteiger partial charge in [0.25, 0.3) is 5.91 Å². The van der Waals surface area contributed by atoms with E-state index >= 15 is 0 Å². The lowest BCUT2D eigenvalue weighted by Crippen LogP contribution is -2.28. The van der Waals surface area contributed by atoms with Gasteiger partial charge in [0.05, 0.1) is 16.8 Å². The highest BCUT2D eigenvalue weighted by Crippen LogP contribution is 2.32. The van der Waals surface area contributed by atoms with E-state index < -0.39 is 17.6 Å². The minimum absolute atomic E-state index is 0.100. The lowest BCUT2D eigenvalue weighted by Gasteiger charge is -2.18. The van der Waals surface area contributed by atoms with E-state index in [0.29, 0.717) is 6.54 Å². The van der Waals surface area contributed by atoms with Crippen molar-refractivity contribution in [3.8, 4) is 0 Å². The maximum absolute atomic E-state index is 12.6. The average molecular weight is 261 g/mol. The fourth-order valence-corrected chi connectivity index (χ4v) is 1.37. The lowest BCUT2D eigenvalue weighted by molar-refractivity contribution is -0.137. The van der Waals surface area contributed by atoms with E-state index in [0.717, 1.165) is 18.2 Å². The number of carbonyl (C=O) groups is 1. The molecule has 3 N–H and O–H groups in total. The third kappa shape index (κ3) is 2.92. The second-order valence-electron chi connectivity index (χ2n) is 3.72. The number of halogens is 3. The van der Waals surface area contributed by atoms with Crippen molar-refractivity contribution in [1.82, 2.24) is 4.90 Å². The maximum Gasteiger partial charge on any atom is 0.416 e. The average Bonchev–Trinajstić information content (AvgIpc) is 2.35. The van der Waals surface area contributed by atoms with Gasteiger partial charge in [-0.15, -0.1) is 0 Å². The summed E-state index contributed by atoms with van der Waals surface area (Å²) in [6.45, 7) is 2.11. The Kier molecular flexibility index (Phi) is 4.18. The van der Waals surface area contributed by atoms with Gasteiger partial charge >= 0.3 is 6.18 Å². The number of hydrogen-bond donors (Lipinski definition) is 2. The molecule has 7 heteroatoms. The molecule has 0 aliphatic rings. The number of nitrogens with zero attached hydrogens (tertiary/aromatic N) is 1. The first kappa shape index (κ1) is 14.3. The molecule has 0 radical (unpaired) electrons.